The van der Waals surface area contributed by atoms with E-state index in [4.69, 9.17) is 21.9 Å². The predicted molar refractivity (Wildman–Crippen MR) is 81.1 cm³/mol. The summed E-state index contributed by atoms with van der Waals surface area (Å²) in [7, 11) is 0. The van der Waals surface area contributed by atoms with Crippen molar-refractivity contribution < 1.29 is 9.53 Å². The molecule has 0 unspecified atom stereocenters. The number of rotatable bonds is 3. The second-order valence-corrected chi connectivity index (χ2v) is 4.91. The molecule has 0 aromatic heterocycles. The van der Waals surface area contributed by atoms with Crippen LogP contribution in [-0.4, -0.2) is 43.8 Å². The number of carbonyl (C=O) groups excluding carboxylic acids is 1. The first kappa shape index (κ1) is 15.3. The minimum absolute atomic E-state index is 0.276. The number of amides is 1. The Kier molecular flexibility index (Phi) is 5.14. The van der Waals surface area contributed by atoms with Gasteiger partial charge in [-0.2, -0.15) is 0 Å². The van der Waals surface area contributed by atoms with Gasteiger partial charge in [-0.1, -0.05) is 22.8 Å². The highest BCUT2D eigenvalue weighted by Crippen LogP contribution is 2.30. The molecular formula is C13H16ClN5O2. The van der Waals surface area contributed by atoms with Crippen molar-refractivity contribution in [3.8, 4) is 0 Å². The van der Waals surface area contributed by atoms with Crippen LogP contribution in [-0.2, 0) is 4.74 Å². The van der Waals surface area contributed by atoms with Gasteiger partial charge in [-0.15, -0.1) is 0 Å². The fourth-order valence-electron chi connectivity index (χ4n) is 2.21. The van der Waals surface area contributed by atoms with Crippen LogP contribution in [0.1, 0.15) is 6.92 Å². The van der Waals surface area contributed by atoms with Crippen molar-refractivity contribution in [2.24, 2.45) is 5.11 Å². The molecule has 1 aromatic rings. The van der Waals surface area contributed by atoms with E-state index in [1.165, 1.54) is 0 Å². The van der Waals surface area contributed by atoms with Gasteiger partial charge in [-0.3, -0.25) is 0 Å². The van der Waals surface area contributed by atoms with Crippen LogP contribution in [0.3, 0.4) is 0 Å². The highest BCUT2D eigenvalue weighted by atomic mass is 35.5. The molecule has 112 valence electrons. The van der Waals surface area contributed by atoms with Gasteiger partial charge in [-0.25, -0.2) is 4.79 Å². The number of benzene rings is 1. The molecule has 2 rings (SSSR count). The molecule has 1 heterocycles. The largest absolute Gasteiger partial charge is 0.450 e. The average molecular weight is 310 g/mol. The summed E-state index contributed by atoms with van der Waals surface area (Å²) in [5.74, 6) is 0. The van der Waals surface area contributed by atoms with Crippen molar-refractivity contribution in [2.45, 2.75) is 6.92 Å². The van der Waals surface area contributed by atoms with Crippen molar-refractivity contribution in [3.63, 3.8) is 0 Å². The Morgan fingerprint density at radius 2 is 2.14 bits per heavy atom. The summed E-state index contributed by atoms with van der Waals surface area (Å²) in [6.07, 6.45) is -0.276. The van der Waals surface area contributed by atoms with Crippen LogP contribution in [0.5, 0.6) is 0 Å². The highest BCUT2D eigenvalue weighted by molar-refractivity contribution is 6.33. The predicted octanol–water partition coefficient (Wildman–Crippen LogP) is 3.56. The van der Waals surface area contributed by atoms with Gasteiger partial charge in [0.25, 0.3) is 0 Å². The first-order valence-electron chi connectivity index (χ1n) is 6.67. The van der Waals surface area contributed by atoms with E-state index in [-0.39, 0.29) is 6.09 Å². The zero-order valence-corrected chi connectivity index (χ0v) is 12.5. The molecule has 0 atom stereocenters. The Hall–Kier alpha value is -2.11. The second-order valence-electron chi connectivity index (χ2n) is 4.50. The molecule has 0 spiro atoms. The van der Waals surface area contributed by atoms with Gasteiger partial charge in [0, 0.05) is 36.8 Å². The molecule has 1 amide bonds. The van der Waals surface area contributed by atoms with Crippen molar-refractivity contribution >= 4 is 29.1 Å². The Labute approximate surface area is 127 Å². The standard InChI is InChI=1S/C13H16ClN5O2/c1-2-21-13(20)19-7-5-18(6-8-19)12-4-3-10(16-17-15)9-11(12)14/h3-4,9H,2,5-8H2,1H3. The van der Waals surface area contributed by atoms with Crippen molar-refractivity contribution in [1.82, 2.24) is 4.90 Å². The zero-order valence-electron chi connectivity index (χ0n) is 11.7. The van der Waals surface area contributed by atoms with E-state index in [0.29, 0.717) is 43.5 Å². The lowest BCUT2D eigenvalue weighted by Gasteiger charge is -2.35. The van der Waals surface area contributed by atoms with E-state index >= 15 is 0 Å². The molecule has 0 saturated carbocycles. The topological polar surface area (TPSA) is 81.5 Å². The number of nitrogens with zero attached hydrogens (tertiary/aromatic N) is 5. The van der Waals surface area contributed by atoms with Gasteiger partial charge in [0.1, 0.15) is 0 Å². The summed E-state index contributed by atoms with van der Waals surface area (Å²) in [6, 6.07) is 5.18. The quantitative estimate of drug-likeness (QED) is 0.486. The van der Waals surface area contributed by atoms with E-state index < -0.39 is 0 Å². The average Bonchev–Trinajstić information content (AvgIpc) is 2.48. The van der Waals surface area contributed by atoms with Gasteiger partial charge >= 0.3 is 6.09 Å². The zero-order chi connectivity index (χ0) is 15.2. The second kappa shape index (κ2) is 7.06. The van der Waals surface area contributed by atoms with Crippen LogP contribution in [0, 0.1) is 0 Å². The van der Waals surface area contributed by atoms with Gasteiger partial charge in [0.2, 0.25) is 0 Å². The molecule has 1 aliphatic heterocycles. The third kappa shape index (κ3) is 3.71. The number of anilines is 1. The summed E-state index contributed by atoms with van der Waals surface area (Å²) < 4.78 is 4.98. The molecule has 21 heavy (non-hydrogen) atoms. The number of ether oxygens (including phenoxy) is 1. The number of hydrogen-bond acceptors (Lipinski definition) is 4. The molecule has 0 radical (unpaired) electrons. The van der Waals surface area contributed by atoms with Crippen LogP contribution < -0.4 is 4.90 Å². The fourth-order valence-corrected chi connectivity index (χ4v) is 2.51. The lowest BCUT2D eigenvalue weighted by atomic mass is 10.2. The molecule has 1 aromatic carbocycles. The molecule has 7 nitrogen and oxygen atoms in total. The molecule has 1 saturated heterocycles. The summed E-state index contributed by atoms with van der Waals surface area (Å²) in [5, 5.41) is 4.05. The molecule has 1 aliphatic rings. The lowest BCUT2D eigenvalue weighted by Crippen LogP contribution is -2.49. The molecule has 0 N–H and O–H groups in total. The first-order chi connectivity index (χ1) is 10.2. The molecule has 0 bridgehead atoms. The number of azide groups is 1. The van der Waals surface area contributed by atoms with Crippen LogP contribution in [0.25, 0.3) is 10.4 Å². The van der Waals surface area contributed by atoms with Gasteiger partial charge in [-0.05, 0) is 24.6 Å². The number of piperazine rings is 1. The molecular weight excluding hydrogens is 294 g/mol. The van der Waals surface area contributed by atoms with E-state index in [0.717, 1.165) is 5.69 Å². The number of halogens is 1. The Morgan fingerprint density at radius 1 is 1.43 bits per heavy atom. The maximum Gasteiger partial charge on any atom is 0.409 e. The number of hydrogen-bond donors (Lipinski definition) is 0. The van der Waals surface area contributed by atoms with Crippen LogP contribution in [0.2, 0.25) is 5.02 Å². The third-order valence-corrected chi connectivity index (χ3v) is 3.54. The minimum atomic E-state index is -0.276. The maximum absolute atomic E-state index is 11.6. The Bertz CT molecular complexity index is 566. The summed E-state index contributed by atoms with van der Waals surface area (Å²) in [5.41, 5.74) is 9.76. The van der Waals surface area contributed by atoms with Crippen molar-refractivity contribution in [2.75, 3.05) is 37.7 Å². The van der Waals surface area contributed by atoms with E-state index in [2.05, 4.69) is 14.9 Å². The Morgan fingerprint density at radius 3 is 2.71 bits per heavy atom. The normalized spacial score (nSPS) is 14.6. The summed E-state index contributed by atoms with van der Waals surface area (Å²) in [6.45, 7) is 4.71. The van der Waals surface area contributed by atoms with Crippen LogP contribution >= 0.6 is 11.6 Å². The minimum Gasteiger partial charge on any atom is -0.450 e. The van der Waals surface area contributed by atoms with Gasteiger partial charge in [0.15, 0.2) is 0 Å². The maximum atomic E-state index is 11.6. The molecule has 0 aliphatic carbocycles. The number of carbonyl (C=O) groups is 1. The van der Waals surface area contributed by atoms with E-state index in [1.54, 1.807) is 24.0 Å². The molecule has 1 fully saturated rings. The summed E-state index contributed by atoms with van der Waals surface area (Å²) in [4.78, 5) is 18.1. The highest BCUT2D eigenvalue weighted by Gasteiger charge is 2.23. The van der Waals surface area contributed by atoms with Gasteiger partial charge < -0.3 is 14.5 Å². The van der Waals surface area contributed by atoms with Gasteiger partial charge in [0.05, 0.1) is 17.3 Å². The monoisotopic (exact) mass is 309 g/mol. The molecule has 8 heteroatoms. The fraction of sp³-hybridized carbons (Fsp3) is 0.462. The third-order valence-electron chi connectivity index (χ3n) is 3.24. The smallest absolute Gasteiger partial charge is 0.409 e. The van der Waals surface area contributed by atoms with Crippen molar-refractivity contribution in [3.05, 3.63) is 33.7 Å². The summed E-state index contributed by atoms with van der Waals surface area (Å²) >= 11 is 6.22. The van der Waals surface area contributed by atoms with Crippen LogP contribution in [0.15, 0.2) is 23.3 Å². The van der Waals surface area contributed by atoms with E-state index in [9.17, 15) is 4.79 Å². The SMILES string of the molecule is CCOC(=O)N1CCN(c2ccc(N=[N+]=[N-])cc2Cl)CC1. The van der Waals surface area contributed by atoms with Crippen molar-refractivity contribution in [1.29, 1.82) is 0 Å². The van der Waals surface area contributed by atoms with E-state index in [1.807, 2.05) is 6.07 Å². The first-order valence-corrected chi connectivity index (χ1v) is 7.04. The Balaban J connectivity index is 2.02. The van der Waals surface area contributed by atoms with Crippen LogP contribution in [0.4, 0.5) is 16.2 Å². The lowest BCUT2D eigenvalue weighted by molar-refractivity contribution is 0.105.